The zero-order valence-corrected chi connectivity index (χ0v) is 10.8. The van der Waals surface area contributed by atoms with Gasteiger partial charge in [-0.2, -0.15) is 0 Å². The van der Waals surface area contributed by atoms with Gasteiger partial charge in [-0.25, -0.2) is 4.39 Å². The van der Waals surface area contributed by atoms with Crippen molar-refractivity contribution in [3.8, 4) is 0 Å². The van der Waals surface area contributed by atoms with Crippen molar-refractivity contribution < 1.29 is 9.13 Å². The van der Waals surface area contributed by atoms with Crippen molar-refractivity contribution in [2.24, 2.45) is 5.73 Å². The molecule has 0 saturated carbocycles. The van der Waals surface area contributed by atoms with Crippen LogP contribution in [-0.2, 0) is 18.0 Å². The van der Waals surface area contributed by atoms with E-state index in [2.05, 4.69) is 0 Å². The van der Waals surface area contributed by atoms with Crippen molar-refractivity contribution in [1.29, 1.82) is 0 Å². The number of ether oxygens (including phenoxy) is 1. The second kappa shape index (κ2) is 4.76. The van der Waals surface area contributed by atoms with E-state index in [4.69, 9.17) is 10.5 Å². The molecule has 3 rings (SSSR count). The number of fused-ring (bicyclic) bond motifs is 1. The van der Waals surface area contributed by atoms with E-state index in [1.807, 2.05) is 31.2 Å². The monoisotopic (exact) mass is 257 g/mol. The Kier molecular flexibility index (Phi) is 3.09. The highest BCUT2D eigenvalue weighted by atomic mass is 19.1. The van der Waals surface area contributed by atoms with Crippen LogP contribution in [0.25, 0.3) is 0 Å². The molecule has 0 spiro atoms. The molecule has 1 aliphatic rings. The average molecular weight is 257 g/mol. The Labute approximate surface area is 112 Å². The molecule has 1 heterocycles. The number of halogens is 1. The predicted octanol–water partition coefficient (Wildman–Crippen LogP) is 3.21. The molecule has 2 aromatic carbocycles. The van der Waals surface area contributed by atoms with E-state index < -0.39 is 6.04 Å². The van der Waals surface area contributed by atoms with Crippen molar-refractivity contribution in [3.63, 3.8) is 0 Å². The van der Waals surface area contributed by atoms with Gasteiger partial charge in [-0.3, -0.25) is 0 Å². The van der Waals surface area contributed by atoms with Gasteiger partial charge in [0.05, 0.1) is 19.3 Å². The largest absolute Gasteiger partial charge is 0.372 e. The predicted molar refractivity (Wildman–Crippen MR) is 72.1 cm³/mol. The molecule has 3 heteroatoms. The van der Waals surface area contributed by atoms with E-state index in [9.17, 15) is 4.39 Å². The lowest BCUT2D eigenvalue weighted by atomic mass is 9.95. The molecule has 0 saturated heterocycles. The number of hydrogen-bond donors (Lipinski definition) is 1. The maximum atomic E-state index is 13.9. The zero-order valence-electron chi connectivity index (χ0n) is 10.8. The number of benzene rings is 2. The van der Waals surface area contributed by atoms with Crippen molar-refractivity contribution in [3.05, 3.63) is 70.0 Å². The van der Waals surface area contributed by atoms with Crippen molar-refractivity contribution in [2.75, 3.05) is 0 Å². The molecular weight excluding hydrogens is 241 g/mol. The summed E-state index contributed by atoms with van der Waals surface area (Å²) in [5.74, 6) is -0.255. The number of nitrogens with two attached hydrogens (primary N) is 1. The van der Waals surface area contributed by atoms with Crippen molar-refractivity contribution in [1.82, 2.24) is 0 Å². The van der Waals surface area contributed by atoms with Crippen LogP contribution >= 0.6 is 0 Å². The fourth-order valence-electron chi connectivity index (χ4n) is 2.47. The van der Waals surface area contributed by atoms with Crippen LogP contribution in [0, 0.1) is 12.7 Å². The van der Waals surface area contributed by atoms with Gasteiger partial charge in [-0.15, -0.1) is 0 Å². The van der Waals surface area contributed by atoms with Gasteiger partial charge in [0.15, 0.2) is 0 Å². The van der Waals surface area contributed by atoms with Crippen LogP contribution in [0.2, 0.25) is 0 Å². The Morgan fingerprint density at radius 3 is 2.74 bits per heavy atom. The first-order valence-electron chi connectivity index (χ1n) is 6.36. The quantitative estimate of drug-likeness (QED) is 0.896. The summed E-state index contributed by atoms with van der Waals surface area (Å²) in [4.78, 5) is 0. The highest BCUT2D eigenvalue weighted by Gasteiger charge is 2.17. The van der Waals surface area contributed by atoms with Crippen LogP contribution in [-0.4, -0.2) is 0 Å². The number of aryl methyl sites for hydroxylation is 1. The normalized spacial score (nSPS) is 15.3. The molecule has 1 aliphatic heterocycles. The highest BCUT2D eigenvalue weighted by molar-refractivity contribution is 5.39. The zero-order chi connectivity index (χ0) is 13.4. The van der Waals surface area contributed by atoms with Gasteiger partial charge in [0.1, 0.15) is 5.82 Å². The maximum absolute atomic E-state index is 13.9. The third-order valence-corrected chi connectivity index (χ3v) is 3.59. The molecule has 0 aliphatic carbocycles. The topological polar surface area (TPSA) is 35.2 Å². The van der Waals surface area contributed by atoms with Crippen molar-refractivity contribution >= 4 is 0 Å². The fourth-order valence-corrected chi connectivity index (χ4v) is 2.47. The molecule has 0 fully saturated rings. The van der Waals surface area contributed by atoms with Crippen molar-refractivity contribution in [2.45, 2.75) is 26.2 Å². The Morgan fingerprint density at radius 1 is 1.11 bits per heavy atom. The fraction of sp³-hybridized carbons (Fsp3) is 0.250. The summed E-state index contributed by atoms with van der Waals surface area (Å²) in [6.45, 7) is 3.21. The van der Waals surface area contributed by atoms with Crippen LogP contribution in [0.3, 0.4) is 0 Å². The lowest BCUT2D eigenvalue weighted by Crippen LogP contribution is -2.14. The van der Waals surface area contributed by atoms with Gasteiger partial charge >= 0.3 is 0 Å². The van der Waals surface area contributed by atoms with Crippen LogP contribution in [0.5, 0.6) is 0 Å². The SMILES string of the molecule is Cc1ccc(F)c(C(N)c2ccc3c(c2)COC3)c1. The van der Waals surface area contributed by atoms with E-state index >= 15 is 0 Å². The summed E-state index contributed by atoms with van der Waals surface area (Å²) in [7, 11) is 0. The Morgan fingerprint density at radius 2 is 1.89 bits per heavy atom. The second-order valence-electron chi connectivity index (χ2n) is 5.02. The van der Waals surface area contributed by atoms with Crippen LogP contribution in [0.1, 0.15) is 33.9 Å². The molecule has 2 aromatic rings. The van der Waals surface area contributed by atoms with E-state index in [1.54, 1.807) is 6.07 Å². The number of hydrogen-bond acceptors (Lipinski definition) is 2. The van der Waals surface area contributed by atoms with Gasteiger partial charge in [0.2, 0.25) is 0 Å². The first-order valence-corrected chi connectivity index (χ1v) is 6.36. The molecule has 19 heavy (non-hydrogen) atoms. The van der Waals surface area contributed by atoms with Gasteiger partial charge in [-0.1, -0.05) is 35.9 Å². The lowest BCUT2D eigenvalue weighted by molar-refractivity contribution is 0.134. The third kappa shape index (κ3) is 2.27. The Hall–Kier alpha value is -1.71. The summed E-state index contributed by atoms with van der Waals surface area (Å²) < 4.78 is 19.3. The van der Waals surface area contributed by atoms with E-state index in [0.717, 1.165) is 16.7 Å². The molecule has 98 valence electrons. The summed E-state index contributed by atoms with van der Waals surface area (Å²) in [6, 6.07) is 10.6. The van der Waals surface area contributed by atoms with Gasteiger partial charge < -0.3 is 10.5 Å². The van der Waals surface area contributed by atoms with Gasteiger partial charge in [-0.05, 0) is 29.7 Å². The smallest absolute Gasteiger partial charge is 0.128 e. The lowest BCUT2D eigenvalue weighted by Gasteiger charge is -2.15. The maximum Gasteiger partial charge on any atom is 0.128 e. The molecule has 0 amide bonds. The molecule has 2 N–H and O–H groups in total. The van der Waals surface area contributed by atoms with Gasteiger partial charge in [0.25, 0.3) is 0 Å². The first-order chi connectivity index (χ1) is 9.15. The van der Waals surface area contributed by atoms with E-state index in [1.165, 1.54) is 11.6 Å². The minimum absolute atomic E-state index is 0.255. The number of rotatable bonds is 2. The molecule has 1 atom stereocenters. The van der Waals surface area contributed by atoms with Crippen LogP contribution < -0.4 is 5.73 Å². The molecule has 0 radical (unpaired) electrons. The summed E-state index contributed by atoms with van der Waals surface area (Å²) in [5, 5.41) is 0. The molecular formula is C16H16FNO. The minimum Gasteiger partial charge on any atom is -0.372 e. The summed E-state index contributed by atoms with van der Waals surface area (Å²) in [5.41, 5.74) is 11.0. The summed E-state index contributed by atoms with van der Waals surface area (Å²) >= 11 is 0. The van der Waals surface area contributed by atoms with E-state index in [-0.39, 0.29) is 5.82 Å². The molecule has 2 nitrogen and oxygen atoms in total. The molecule has 0 aromatic heterocycles. The Balaban J connectivity index is 1.99. The Bertz CT molecular complexity index is 624. The standard InChI is InChI=1S/C16H16FNO/c1-10-2-5-15(17)14(6-10)16(18)11-3-4-12-8-19-9-13(12)7-11/h2-7,16H,8-9,18H2,1H3. The van der Waals surface area contributed by atoms with Crippen LogP contribution in [0.15, 0.2) is 36.4 Å². The average Bonchev–Trinajstić information content (AvgIpc) is 2.88. The van der Waals surface area contributed by atoms with Crippen LogP contribution in [0.4, 0.5) is 4.39 Å². The van der Waals surface area contributed by atoms with E-state index in [0.29, 0.717) is 18.8 Å². The van der Waals surface area contributed by atoms with Gasteiger partial charge in [0, 0.05) is 5.56 Å². The molecule has 1 unspecified atom stereocenters. The summed E-state index contributed by atoms with van der Waals surface area (Å²) in [6.07, 6.45) is 0. The second-order valence-corrected chi connectivity index (χ2v) is 5.02. The minimum atomic E-state index is -0.439. The third-order valence-electron chi connectivity index (χ3n) is 3.59. The highest BCUT2D eigenvalue weighted by Crippen LogP contribution is 2.27. The first kappa shape index (κ1) is 12.3. The molecule has 0 bridgehead atoms.